The third-order valence-corrected chi connectivity index (χ3v) is 5.65. The van der Waals surface area contributed by atoms with Gasteiger partial charge in [0.1, 0.15) is 0 Å². The Morgan fingerprint density at radius 1 is 1.15 bits per heavy atom. The minimum atomic E-state index is 0.122. The van der Waals surface area contributed by atoms with Crippen LogP contribution >= 0.6 is 23.4 Å². The van der Waals surface area contributed by atoms with Crippen LogP contribution in [0.2, 0.25) is 5.02 Å². The van der Waals surface area contributed by atoms with Crippen molar-refractivity contribution in [3.05, 3.63) is 29.3 Å². The number of carbonyl (C=O) groups excluding carboxylic acids is 1. The van der Waals surface area contributed by atoms with Gasteiger partial charge in [-0.25, -0.2) is 0 Å². The van der Waals surface area contributed by atoms with Crippen molar-refractivity contribution in [3.63, 3.8) is 0 Å². The van der Waals surface area contributed by atoms with Crippen LogP contribution in [0.15, 0.2) is 29.2 Å². The Morgan fingerprint density at radius 2 is 1.85 bits per heavy atom. The summed E-state index contributed by atoms with van der Waals surface area (Å²) in [6.45, 7) is 2.90. The van der Waals surface area contributed by atoms with Gasteiger partial charge in [0.2, 0.25) is 5.91 Å². The van der Waals surface area contributed by atoms with Gasteiger partial charge in [0.15, 0.2) is 0 Å². The van der Waals surface area contributed by atoms with E-state index in [4.69, 9.17) is 11.6 Å². The smallest absolute Gasteiger partial charge is 0.237 e. The maximum atomic E-state index is 11.7. The van der Waals surface area contributed by atoms with E-state index >= 15 is 0 Å². The third kappa shape index (κ3) is 3.30. The molecule has 108 valence electrons. The maximum Gasteiger partial charge on any atom is 0.237 e. The Kier molecular flexibility index (Phi) is 4.54. The number of carbonyl (C=O) groups is 1. The molecule has 0 saturated carbocycles. The average Bonchev–Trinajstić information content (AvgIpc) is 2.89. The lowest BCUT2D eigenvalue weighted by molar-refractivity contribution is -0.124. The van der Waals surface area contributed by atoms with Crippen molar-refractivity contribution in [1.82, 2.24) is 10.2 Å². The van der Waals surface area contributed by atoms with Gasteiger partial charge in [-0.1, -0.05) is 11.6 Å². The van der Waals surface area contributed by atoms with Gasteiger partial charge < -0.3 is 5.32 Å². The first-order chi connectivity index (χ1) is 9.72. The molecule has 3 nitrogen and oxygen atoms in total. The lowest BCUT2D eigenvalue weighted by Crippen LogP contribution is -2.45. The molecule has 1 aromatic carbocycles. The molecule has 0 aromatic heterocycles. The number of hydrogen-bond acceptors (Lipinski definition) is 3. The molecule has 1 atom stereocenters. The van der Waals surface area contributed by atoms with E-state index in [1.54, 1.807) is 0 Å². The second kappa shape index (κ2) is 6.37. The highest BCUT2D eigenvalue weighted by Crippen LogP contribution is 2.32. The highest BCUT2D eigenvalue weighted by Gasteiger charge is 2.32. The van der Waals surface area contributed by atoms with E-state index in [1.807, 2.05) is 23.9 Å². The zero-order valence-corrected chi connectivity index (χ0v) is 12.9. The van der Waals surface area contributed by atoms with Gasteiger partial charge in [0.05, 0.1) is 6.04 Å². The minimum absolute atomic E-state index is 0.122. The second-order valence-electron chi connectivity index (χ2n) is 5.40. The van der Waals surface area contributed by atoms with Crippen LogP contribution in [0.5, 0.6) is 0 Å². The second-order valence-corrected chi connectivity index (χ2v) is 7.21. The summed E-state index contributed by atoms with van der Waals surface area (Å²) < 4.78 is 0. The number of rotatable bonds is 3. The fourth-order valence-corrected chi connectivity index (χ4v) is 4.19. The number of nitrogens with zero attached hydrogens (tertiary/aromatic N) is 1. The summed E-state index contributed by atoms with van der Waals surface area (Å²) in [6, 6.07) is 8.19. The fraction of sp³-hybridized carbons (Fsp3) is 0.533. The van der Waals surface area contributed by atoms with Crippen LogP contribution in [-0.4, -0.2) is 41.7 Å². The molecule has 0 radical (unpaired) electrons. The summed E-state index contributed by atoms with van der Waals surface area (Å²) in [7, 11) is 0. The first kappa shape index (κ1) is 14.2. The first-order valence-electron chi connectivity index (χ1n) is 7.16. The van der Waals surface area contributed by atoms with Crippen LogP contribution in [0.3, 0.4) is 0 Å². The quantitative estimate of drug-likeness (QED) is 0.932. The summed E-state index contributed by atoms with van der Waals surface area (Å²) in [5, 5.41) is 4.36. The zero-order chi connectivity index (χ0) is 13.9. The molecule has 0 unspecified atom stereocenters. The number of likely N-dealkylation sites (tertiary alicyclic amines) is 1. The van der Waals surface area contributed by atoms with Crippen molar-refractivity contribution in [2.24, 2.45) is 0 Å². The van der Waals surface area contributed by atoms with E-state index in [2.05, 4.69) is 22.3 Å². The topological polar surface area (TPSA) is 32.3 Å². The molecule has 2 aliphatic rings. The van der Waals surface area contributed by atoms with Crippen LogP contribution in [0.25, 0.3) is 0 Å². The number of amides is 1. The Labute approximate surface area is 129 Å². The van der Waals surface area contributed by atoms with Crippen LogP contribution in [-0.2, 0) is 4.79 Å². The summed E-state index contributed by atoms with van der Waals surface area (Å²) >= 11 is 7.84. The number of halogens is 1. The van der Waals surface area contributed by atoms with E-state index < -0.39 is 0 Å². The lowest BCUT2D eigenvalue weighted by Gasteiger charge is -2.34. The monoisotopic (exact) mass is 310 g/mol. The molecule has 2 saturated heterocycles. The molecule has 20 heavy (non-hydrogen) atoms. The predicted molar refractivity (Wildman–Crippen MR) is 83.3 cm³/mol. The summed E-state index contributed by atoms with van der Waals surface area (Å²) in [4.78, 5) is 15.3. The van der Waals surface area contributed by atoms with Crippen molar-refractivity contribution in [3.8, 4) is 0 Å². The molecule has 3 rings (SSSR count). The molecule has 2 heterocycles. The van der Waals surface area contributed by atoms with Crippen LogP contribution in [0.1, 0.15) is 19.3 Å². The number of thioether (sulfide) groups is 1. The highest BCUT2D eigenvalue weighted by molar-refractivity contribution is 8.00. The van der Waals surface area contributed by atoms with Crippen molar-refractivity contribution in [2.75, 3.05) is 19.6 Å². The fourth-order valence-electron chi connectivity index (χ4n) is 2.94. The molecule has 1 N–H and O–H groups in total. The third-order valence-electron chi connectivity index (χ3n) is 4.05. The molecular weight excluding hydrogens is 292 g/mol. The summed E-state index contributed by atoms with van der Waals surface area (Å²) in [6.07, 6.45) is 3.27. The Bertz CT molecular complexity index is 471. The Morgan fingerprint density at radius 3 is 2.45 bits per heavy atom. The Balaban J connectivity index is 1.51. The van der Waals surface area contributed by atoms with E-state index in [1.165, 1.54) is 4.90 Å². The maximum absolute atomic E-state index is 11.7. The standard InChI is InChI=1S/C15H19ClN2OS/c16-11-1-3-12(4-2-11)20-13-6-9-18(10-7-13)14-5-8-17-15(14)19/h1-4,13-14H,5-10H2,(H,17,19)/t14-/m1/s1. The average molecular weight is 311 g/mol. The number of benzene rings is 1. The van der Waals surface area contributed by atoms with Gasteiger partial charge in [-0.3, -0.25) is 9.69 Å². The lowest BCUT2D eigenvalue weighted by atomic mass is 10.1. The van der Waals surface area contributed by atoms with E-state index in [9.17, 15) is 4.79 Å². The van der Waals surface area contributed by atoms with Gasteiger partial charge in [-0.05, 0) is 56.6 Å². The predicted octanol–water partition coefficient (Wildman–Crippen LogP) is 2.79. The zero-order valence-electron chi connectivity index (χ0n) is 11.3. The Hall–Kier alpha value is -0.710. The van der Waals surface area contributed by atoms with Crippen molar-refractivity contribution in [1.29, 1.82) is 0 Å². The number of piperidine rings is 1. The molecule has 0 bridgehead atoms. The number of hydrogen-bond donors (Lipinski definition) is 1. The molecule has 0 aliphatic carbocycles. The summed E-state index contributed by atoms with van der Waals surface area (Å²) in [5.74, 6) is 0.216. The molecule has 1 aromatic rings. The van der Waals surface area contributed by atoms with Crippen LogP contribution < -0.4 is 5.32 Å². The van der Waals surface area contributed by atoms with E-state index in [0.29, 0.717) is 5.25 Å². The van der Waals surface area contributed by atoms with Gasteiger partial charge in [-0.2, -0.15) is 0 Å². The largest absolute Gasteiger partial charge is 0.355 e. The van der Waals surface area contributed by atoms with Crippen LogP contribution in [0.4, 0.5) is 0 Å². The summed E-state index contributed by atoms with van der Waals surface area (Å²) in [5.41, 5.74) is 0. The molecule has 1 amide bonds. The molecule has 2 fully saturated rings. The van der Waals surface area contributed by atoms with Crippen molar-refractivity contribution >= 4 is 29.3 Å². The highest BCUT2D eigenvalue weighted by atomic mass is 35.5. The van der Waals surface area contributed by atoms with Gasteiger partial charge in [0, 0.05) is 21.7 Å². The molecular formula is C15H19ClN2OS. The number of nitrogens with one attached hydrogen (secondary N) is 1. The van der Waals surface area contributed by atoms with Crippen molar-refractivity contribution < 1.29 is 4.79 Å². The van der Waals surface area contributed by atoms with E-state index in [-0.39, 0.29) is 11.9 Å². The minimum Gasteiger partial charge on any atom is -0.355 e. The van der Waals surface area contributed by atoms with Crippen LogP contribution in [0, 0.1) is 0 Å². The van der Waals surface area contributed by atoms with Gasteiger partial charge in [0.25, 0.3) is 0 Å². The normalized spacial score (nSPS) is 24.9. The molecule has 0 spiro atoms. The SMILES string of the molecule is O=C1NCC[C@H]1N1CCC(Sc2ccc(Cl)cc2)CC1. The van der Waals surface area contributed by atoms with Gasteiger partial charge in [-0.15, -0.1) is 11.8 Å². The van der Waals surface area contributed by atoms with Gasteiger partial charge >= 0.3 is 0 Å². The molecule has 2 aliphatic heterocycles. The molecule has 5 heteroatoms. The van der Waals surface area contributed by atoms with Crippen molar-refractivity contribution in [2.45, 2.75) is 35.4 Å². The van der Waals surface area contributed by atoms with E-state index in [0.717, 1.165) is 43.9 Å². The first-order valence-corrected chi connectivity index (χ1v) is 8.42.